The molecule has 0 saturated heterocycles. The van der Waals surface area contributed by atoms with Crippen LogP contribution in [0.15, 0.2) is 54.9 Å². The predicted molar refractivity (Wildman–Crippen MR) is 144 cm³/mol. The summed E-state index contributed by atoms with van der Waals surface area (Å²) in [4.78, 5) is 28.9. The summed E-state index contributed by atoms with van der Waals surface area (Å²) in [6.07, 6.45) is 3.27. The highest BCUT2D eigenvalue weighted by Crippen LogP contribution is 2.39. The maximum atomic E-state index is 11.9. The van der Waals surface area contributed by atoms with Gasteiger partial charge in [0, 0.05) is 49.4 Å². The Hall–Kier alpha value is -4.51. The van der Waals surface area contributed by atoms with Crippen molar-refractivity contribution in [2.24, 2.45) is 0 Å². The van der Waals surface area contributed by atoms with Gasteiger partial charge in [0.25, 0.3) is 5.69 Å². The lowest BCUT2D eigenvalue weighted by atomic mass is 10.1. The lowest BCUT2D eigenvalue weighted by Crippen LogP contribution is -2.28. The Morgan fingerprint density at radius 3 is 2.43 bits per heavy atom. The molecule has 0 amide bonds. The first-order chi connectivity index (χ1) is 17.8. The number of hydrogen-bond donors (Lipinski definition) is 1. The number of nitro benzene ring substituents is 1. The van der Waals surface area contributed by atoms with Crippen LogP contribution in [0.5, 0.6) is 11.5 Å². The van der Waals surface area contributed by atoms with E-state index in [4.69, 9.17) is 9.47 Å². The van der Waals surface area contributed by atoms with Crippen LogP contribution in [-0.4, -0.2) is 73.2 Å². The van der Waals surface area contributed by atoms with Crippen molar-refractivity contribution in [2.75, 3.05) is 58.7 Å². The molecule has 2 aromatic heterocycles. The zero-order valence-corrected chi connectivity index (χ0v) is 21.4. The highest BCUT2D eigenvalue weighted by atomic mass is 16.6. The van der Waals surface area contributed by atoms with Crippen LogP contribution in [0, 0.1) is 10.1 Å². The van der Waals surface area contributed by atoms with Crippen molar-refractivity contribution >= 4 is 33.9 Å². The second-order valence-corrected chi connectivity index (χ2v) is 8.68. The molecule has 0 spiro atoms. The van der Waals surface area contributed by atoms with Crippen molar-refractivity contribution in [3.63, 3.8) is 0 Å². The number of pyridine rings is 1. The maximum Gasteiger partial charge on any atom is 0.294 e. The number of methoxy groups -OCH3 is 2. The number of benzene rings is 2. The number of aromatic nitrogens is 3. The summed E-state index contributed by atoms with van der Waals surface area (Å²) in [5, 5.41) is 16.0. The van der Waals surface area contributed by atoms with Crippen LogP contribution in [0.2, 0.25) is 0 Å². The molecule has 4 rings (SSSR count). The molecular formula is C26H29N7O4. The lowest BCUT2D eigenvalue weighted by molar-refractivity contribution is -0.384. The number of nitro groups is 1. The monoisotopic (exact) mass is 503 g/mol. The topological polar surface area (TPSA) is 119 Å². The van der Waals surface area contributed by atoms with Crippen molar-refractivity contribution in [1.29, 1.82) is 0 Å². The fourth-order valence-electron chi connectivity index (χ4n) is 3.85. The molecule has 0 unspecified atom stereocenters. The zero-order chi connectivity index (χ0) is 26.5. The summed E-state index contributed by atoms with van der Waals surface area (Å²) in [5.74, 6) is 1.12. The Morgan fingerprint density at radius 1 is 0.973 bits per heavy atom. The first-order valence-corrected chi connectivity index (χ1v) is 11.6. The molecule has 0 aliphatic heterocycles. The molecular weight excluding hydrogens is 474 g/mol. The van der Waals surface area contributed by atoms with Crippen LogP contribution < -0.4 is 19.7 Å². The average Bonchev–Trinajstić information content (AvgIpc) is 2.91. The molecule has 2 aromatic carbocycles. The fraction of sp³-hybridized carbons (Fsp3) is 0.269. The molecule has 0 fully saturated rings. The Morgan fingerprint density at radius 2 is 1.73 bits per heavy atom. The maximum absolute atomic E-state index is 11.9. The zero-order valence-electron chi connectivity index (χ0n) is 21.4. The van der Waals surface area contributed by atoms with Gasteiger partial charge in [0.2, 0.25) is 5.95 Å². The number of fused-ring (bicyclic) bond motifs is 1. The van der Waals surface area contributed by atoms with Gasteiger partial charge in [0.1, 0.15) is 17.1 Å². The number of likely N-dealkylation sites (N-methyl/N-ethyl adjacent to an activating group) is 2. The van der Waals surface area contributed by atoms with Crippen LogP contribution >= 0.6 is 0 Å². The molecule has 0 aliphatic carbocycles. The summed E-state index contributed by atoms with van der Waals surface area (Å²) >= 11 is 0. The Kier molecular flexibility index (Phi) is 7.63. The van der Waals surface area contributed by atoms with E-state index in [1.807, 2.05) is 61.3 Å². The summed E-state index contributed by atoms with van der Waals surface area (Å²) < 4.78 is 11.1. The van der Waals surface area contributed by atoms with E-state index >= 15 is 0 Å². The van der Waals surface area contributed by atoms with E-state index in [2.05, 4.69) is 20.3 Å². The SMILES string of the molecule is COc1cc(N(C)CCN(C)C)c([N+](=O)[O-])cc1Nc1ncc(OC)c(-c2cnc3ccccc3c2)n1. The van der Waals surface area contributed by atoms with Gasteiger partial charge in [-0.1, -0.05) is 18.2 Å². The molecule has 0 bridgehead atoms. The summed E-state index contributed by atoms with van der Waals surface area (Å²) in [6, 6.07) is 12.8. The second-order valence-electron chi connectivity index (χ2n) is 8.68. The van der Waals surface area contributed by atoms with Crippen molar-refractivity contribution in [2.45, 2.75) is 0 Å². The minimum Gasteiger partial charge on any atom is -0.494 e. The highest BCUT2D eigenvalue weighted by Gasteiger charge is 2.23. The molecule has 11 nitrogen and oxygen atoms in total. The second kappa shape index (κ2) is 11.0. The molecule has 0 atom stereocenters. The van der Waals surface area contributed by atoms with Gasteiger partial charge >= 0.3 is 0 Å². The van der Waals surface area contributed by atoms with E-state index in [1.54, 1.807) is 25.6 Å². The fourth-order valence-corrected chi connectivity index (χ4v) is 3.85. The molecule has 192 valence electrons. The van der Waals surface area contributed by atoms with E-state index in [0.717, 1.165) is 23.0 Å². The van der Waals surface area contributed by atoms with E-state index in [0.29, 0.717) is 35.1 Å². The van der Waals surface area contributed by atoms with E-state index in [-0.39, 0.29) is 11.6 Å². The summed E-state index contributed by atoms with van der Waals surface area (Å²) in [6.45, 7) is 1.34. The number of hydrogen-bond acceptors (Lipinski definition) is 10. The number of anilines is 3. The van der Waals surface area contributed by atoms with E-state index < -0.39 is 4.92 Å². The highest BCUT2D eigenvalue weighted by molar-refractivity contribution is 5.84. The van der Waals surface area contributed by atoms with Crippen LogP contribution in [0.4, 0.5) is 23.0 Å². The number of ether oxygens (including phenoxy) is 2. The quantitative estimate of drug-likeness (QED) is 0.247. The normalized spacial score (nSPS) is 11.0. The summed E-state index contributed by atoms with van der Waals surface area (Å²) in [5.41, 5.74) is 2.91. The standard InChI is InChI=1S/C26H29N7O4/c1-31(2)10-11-32(3)21-14-23(36-4)20(13-22(21)33(34)35)29-26-28-16-24(37-5)25(30-26)18-12-17-8-6-7-9-19(17)27-15-18/h6-9,12-16H,10-11H2,1-5H3,(H,28,29,30). The van der Waals surface area contributed by atoms with Gasteiger partial charge in [-0.3, -0.25) is 15.1 Å². The number of para-hydroxylation sites is 1. The third-order valence-corrected chi connectivity index (χ3v) is 5.87. The molecule has 0 aliphatic rings. The number of nitrogens with zero attached hydrogens (tertiary/aromatic N) is 6. The van der Waals surface area contributed by atoms with Gasteiger partial charge in [0.05, 0.1) is 36.5 Å². The van der Waals surface area contributed by atoms with Crippen LogP contribution in [-0.2, 0) is 0 Å². The molecule has 1 N–H and O–H groups in total. The van der Waals surface area contributed by atoms with Gasteiger partial charge in [-0.05, 0) is 26.2 Å². The van der Waals surface area contributed by atoms with Crippen molar-refractivity contribution < 1.29 is 14.4 Å². The van der Waals surface area contributed by atoms with Gasteiger partial charge in [-0.25, -0.2) is 9.97 Å². The van der Waals surface area contributed by atoms with E-state index in [9.17, 15) is 10.1 Å². The minimum atomic E-state index is -0.410. The predicted octanol–water partition coefficient (Wildman–Crippen LogP) is 4.36. The van der Waals surface area contributed by atoms with Gasteiger partial charge in [-0.15, -0.1) is 0 Å². The first kappa shape index (κ1) is 25.6. The van der Waals surface area contributed by atoms with Crippen LogP contribution in [0.1, 0.15) is 0 Å². The molecule has 11 heteroatoms. The van der Waals surface area contributed by atoms with Crippen molar-refractivity contribution in [3.05, 3.63) is 65.0 Å². The van der Waals surface area contributed by atoms with Crippen LogP contribution in [0.25, 0.3) is 22.2 Å². The first-order valence-electron chi connectivity index (χ1n) is 11.6. The molecule has 4 aromatic rings. The Balaban J connectivity index is 1.72. The minimum absolute atomic E-state index is 0.0583. The van der Waals surface area contributed by atoms with E-state index in [1.165, 1.54) is 13.2 Å². The molecule has 2 heterocycles. The van der Waals surface area contributed by atoms with Crippen molar-refractivity contribution in [3.8, 4) is 22.8 Å². The lowest BCUT2D eigenvalue weighted by Gasteiger charge is -2.22. The average molecular weight is 504 g/mol. The van der Waals surface area contributed by atoms with Crippen molar-refractivity contribution in [1.82, 2.24) is 19.9 Å². The smallest absolute Gasteiger partial charge is 0.294 e. The van der Waals surface area contributed by atoms with Crippen LogP contribution in [0.3, 0.4) is 0 Å². The number of rotatable bonds is 10. The van der Waals surface area contributed by atoms with Gasteiger partial charge in [-0.2, -0.15) is 0 Å². The van der Waals surface area contributed by atoms with Gasteiger partial charge < -0.3 is 24.6 Å². The largest absolute Gasteiger partial charge is 0.494 e. The Bertz CT molecular complexity index is 1430. The number of nitrogens with one attached hydrogen (secondary N) is 1. The third-order valence-electron chi connectivity index (χ3n) is 5.87. The van der Waals surface area contributed by atoms with Gasteiger partial charge in [0.15, 0.2) is 5.75 Å². The summed E-state index contributed by atoms with van der Waals surface area (Å²) in [7, 11) is 8.77. The molecule has 0 radical (unpaired) electrons. The Labute approximate surface area is 214 Å². The molecule has 37 heavy (non-hydrogen) atoms. The molecule has 0 saturated carbocycles. The third kappa shape index (κ3) is 5.67.